The number of aryl methyl sites for hydroxylation is 1. The van der Waals surface area contributed by atoms with Crippen LogP contribution in [0.3, 0.4) is 0 Å². The Kier molecular flexibility index (Phi) is 3.73. The van der Waals surface area contributed by atoms with Gasteiger partial charge in [0.1, 0.15) is 5.15 Å². The van der Waals surface area contributed by atoms with Gasteiger partial charge in [-0.2, -0.15) is 18.3 Å². The fourth-order valence-corrected chi connectivity index (χ4v) is 2.23. The molecular weight excluding hydrogens is 293 g/mol. The standard InChI is InChI=1S/C12H12ClF3N4/c1-4-8-6(2)19-20(7(8)3)10-5-9(13)17-11(18-10)12(14,15)16/h5H,4H2,1-3H3. The van der Waals surface area contributed by atoms with Gasteiger partial charge < -0.3 is 0 Å². The smallest absolute Gasteiger partial charge is 0.219 e. The summed E-state index contributed by atoms with van der Waals surface area (Å²) in [7, 11) is 0. The van der Waals surface area contributed by atoms with Crippen LogP contribution in [0.4, 0.5) is 13.2 Å². The topological polar surface area (TPSA) is 43.6 Å². The van der Waals surface area contributed by atoms with Crippen LogP contribution in [0.1, 0.15) is 29.7 Å². The first-order chi connectivity index (χ1) is 9.24. The van der Waals surface area contributed by atoms with Crippen LogP contribution in [0.25, 0.3) is 5.82 Å². The first-order valence-electron chi connectivity index (χ1n) is 5.91. The Morgan fingerprint density at radius 3 is 2.40 bits per heavy atom. The van der Waals surface area contributed by atoms with E-state index < -0.39 is 12.0 Å². The molecule has 0 aliphatic heterocycles. The summed E-state index contributed by atoms with van der Waals surface area (Å²) in [5, 5.41) is 3.95. The van der Waals surface area contributed by atoms with Crippen LogP contribution in [0.2, 0.25) is 5.15 Å². The van der Waals surface area contributed by atoms with Crippen LogP contribution in [0.15, 0.2) is 6.07 Å². The highest BCUT2D eigenvalue weighted by Crippen LogP contribution is 2.28. The number of hydrogen-bond acceptors (Lipinski definition) is 3. The minimum absolute atomic E-state index is 0.0117. The summed E-state index contributed by atoms with van der Waals surface area (Å²) >= 11 is 5.65. The quantitative estimate of drug-likeness (QED) is 0.797. The van der Waals surface area contributed by atoms with Gasteiger partial charge in [-0.15, -0.1) is 0 Å². The molecule has 0 atom stereocenters. The average Bonchev–Trinajstić information content (AvgIpc) is 2.62. The van der Waals surface area contributed by atoms with E-state index in [9.17, 15) is 13.2 Å². The molecule has 2 rings (SSSR count). The second-order valence-electron chi connectivity index (χ2n) is 4.28. The molecule has 0 aliphatic rings. The van der Waals surface area contributed by atoms with E-state index in [-0.39, 0.29) is 11.0 Å². The Morgan fingerprint density at radius 2 is 1.90 bits per heavy atom. The van der Waals surface area contributed by atoms with Crippen molar-refractivity contribution in [2.75, 3.05) is 0 Å². The van der Waals surface area contributed by atoms with Crippen molar-refractivity contribution in [3.63, 3.8) is 0 Å². The van der Waals surface area contributed by atoms with E-state index in [4.69, 9.17) is 11.6 Å². The number of nitrogens with zero attached hydrogens (tertiary/aromatic N) is 4. The zero-order valence-electron chi connectivity index (χ0n) is 11.1. The Hall–Kier alpha value is -1.63. The minimum atomic E-state index is -4.65. The lowest BCUT2D eigenvalue weighted by molar-refractivity contribution is -0.145. The molecule has 20 heavy (non-hydrogen) atoms. The maximum absolute atomic E-state index is 12.7. The molecular formula is C12H12ClF3N4. The normalized spacial score (nSPS) is 11.9. The highest BCUT2D eigenvalue weighted by atomic mass is 35.5. The van der Waals surface area contributed by atoms with Gasteiger partial charge >= 0.3 is 6.18 Å². The molecule has 2 heterocycles. The van der Waals surface area contributed by atoms with Gasteiger partial charge in [0.15, 0.2) is 5.82 Å². The molecule has 0 unspecified atom stereocenters. The van der Waals surface area contributed by atoms with E-state index in [1.165, 1.54) is 10.7 Å². The molecule has 8 heteroatoms. The first-order valence-corrected chi connectivity index (χ1v) is 6.29. The summed E-state index contributed by atoms with van der Waals surface area (Å²) in [6.07, 6.45) is -3.91. The van der Waals surface area contributed by atoms with Crippen LogP contribution >= 0.6 is 11.6 Å². The number of hydrogen-bond donors (Lipinski definition) is 0. The third kappa shape index (κ3) is 2.63. The van der Waals surface area contributed by atoms with Gasteiger partial charge in [0, 0.05) is 11.8 Å². The van der Waals surface area contributed by atoms with Crippen molar-refractivity contribution in [1.29, 1.82) is 0 Å². The SMILES string of the molecule is CCc1c(C)nn(-c2cc(Cl)nc(C(F)(F)F)n2)c1C. The lowest BCUT2D eigenvalue weighted by Crippen LogP contribution is -2.14. The largest absolute Gasteiger partial charge is 0.451 e. The number of aromatic nitrogens is 4. The summed E-state index contributed by atoms with van der Waals surface area (Å²) < 4.78 is 39.5. The summed E-state index contributed by atoms with van der Waals surface area (Å²) in [6, 6.07) is 1.26. The predicted octanol–water partition coefficient (Wildman–Crippen LogP) is 3.51. The molecule has 4 nitrogen and oxygen atoms in total. The van der Waals surface area contributed by atoms with Crippen LogP contribution in [0.5, 0.6) is 0 Å². The van der Waals surface area contributed by atoms with Crippen molar-refractivity contribution >= 4 is 11.6 Å². The number of rotatable bonds is 2. The molecule has 2 aromatic rings. The van der Waals surface area contributed by atoms with Gasteiger partial charge in [-0.1, -0.05) is 18.5 Å². The van der Waals surface area contributed by atoms with Crippen molar-refractivity contribution in [2.45, 2.75) is 33.4 Å². The summed E-state index contributed by atoms with van der Waals surface area (Å²) in [5.74, 6) is -1.26. The number of alkyl halides is 3. The van der Waals surface area contributed by atoms with E-state index in [1.54, 1.807) is 13.8 Å². The molecule has 0 saturated carbocycles. The van der Waals surface area contributed by atoms with E-state index in [0.29, 0.717) is 0 Å². The molecule has 0 N–H and O–H groups in total. The zero-order chi connectivity index (χ0) is 15.1. The summed E-state index contributed by atoms with van der Waals surface area (Å²) in [5.41, 5.74) is 2.48. The fraction of sp³-hybridized carbons (Fsp3) is 0.417. The molecule has 108 valence electrons. The van der Waals surface area contributed by atoms with Crippen LogP contribution in [0, 0.1) is 13.8 Å². The van der Waals surface area contributed by atoms with E-state index in [1.807, 2.05) is 6.92 Å². The molecule has 0 radical (unpaired) electrons. The van der Waals surface area contributed by atoms with Crippen molar-refractivity contribution < 1.29 is 13.2 Å². The average molecular weight is 305 g/mol. The van der Waals surface area contributed by atoms with Crippen molar-refractivity contribution in [3.05, 3.63) is 34.0 Å². The third-order valence-electron chi connectivity index (χ3n) is 2.95. The van der Waals surface area contributed by atoms with Crippen molar-refractivity contribution in [1.82, 2.24) is 19.7 Å². The summed E-state index contributed by atoms with van der Waals surface area (Å²) in [4.78, 5) is 6.70. The molecule has 0 aromatic carbocycles. The third-order valence-corrected chi connectivity index (χ3v) is 3.14. The fourth-order valence-electron chi connectivity index (χ4n) is 2.05. The van der Waals surface area contributed by atoms with Gasteiger partial charge in [-0.25, -0.2) is 14.6 Å². The molecule has 0 aliphatic carbocycles. The monoisotopic (exact) mass is 304 g/mol. The molecule has 2 aromatic heterocycles. The first kappa shape index (κ1) is 14.8. The van der Waals surface area contributed by atoms with E-state index >= 15 is 0 Å². The second kappa shape index (κ2) is 5.05. The van der Waals surface area contributed by atoms with Crippen LogP contribution < -0.4 is 0 Å². The maximum atomic E-state index is 12.7. The lowest BCUT2D eigenvalue weighted by atomic mass is 10.1. The van der Waals surface area contributed by atoms with Crippen LogP contribution in [-0.2, 0) is 12.6 Å². The highest BCUT2D eigenvalue weighted by Gasteiger charge is 2.35. The van der Waals surface area contributed by atoms with Gasteiger partial charge in [0.25, 0.3) is 0 Å². The Bertz CT molecular complexity index is 649. The van der Waals surface area contributed by atoms with Crippen molar-refractivity contribution in [3.8, 4) is 5.82 Å². The predicted molar refractivity (Wildman–Crippen MR) is 68.0 cm³/mol. The molecule has 0 bridgehead atoms. The van der Waals surface area contributed by atoms with E-state index in [0.717, 1.165) is 23.4 Å². The molecule has 0 fully saturated rings. The second-order valence-corrected chi connectivity index (χ2v) is 4.67. The minimum Gasteiger partial charge on any atom is -0.219 e. The van der Waals surface area contributed by atoms with Gasteiger partial charge in [-0.3, -0.25) is 0 Å². The van der Waals surface area contributed by atoms with E-state index in [2.05, 4.69) is 15.1 Å². The van der Waals surface area contributed by atoms with Gasteiger partial charge in [0.2, 0.25) is 5.82 Å². The van der Waals surface area contributed by atoms with Crippen LogP contribution in [-0.4, -0.2) is 19.7 Å². The summed E-state index contributed by atoms with van der Waals surface area (Å²) in [6.45, 7) is 5.54. The zero-order valence-corrected chi connectivity index (χ0v) is 11.8. The molecule has 0 spiro atoms. The molecule has 0 amide bonds. The number of halogens is 4. The van der Waals surface area contributed by atoms with Gasteiger partial charge in [-0.05, 0) is 25.8 Å². The molecule has 0 saturated heterocycles. The Morgan fingerprint density at radius 1 is 1.25 bits per heavy atom. The Labute approximate surface area is 118 Å². The lowest BCUT2D eigenvalue weighted by Gasteiger charge is -2.09. The highest BCUT2D eigenvalue weighted by molar-refractivity contribution is 6.29. The van der Waals surface area contributed by atoms with Crippen molar-refractivity contribution in [2.24, 2.45) is 0 Å². The van der Waals surface area contributed by atoms with Gasteiger partial charge in [0.05, 0.1) is 5.69 Å². The maximum Gasteiger partial charge on any atom is 0.451 e. The Balaban J connectivity index is 2.62.